The molecule has 1 aromatic carbocycles. The van der Waals surface area contributed by atoms with Gasteiger partial charge in [-0.05, 0) is 44.4 Å². The van der Waals surface area contributed by atoms with Crippen molar-refractivity contribution in [3.8, 4) is 0 Å². The van der Waals surface area contributed by atoms with Crippen molar-refractivity contribution in [1.82, 2.24) is 14.7 Å². The van der Waals surface area contributed by atoms with Crippen molar-refractivity contribution in [2.75, 3.05) is 44.6 Å². The van der Waals surface area contributed by atoms with Crippen molar-refractivity contribution in [2.24, 2.45) is 5.92 Å². The van der Waals surface area contributed by atoms with Gasteiger partial charge in [-0.3, -0.25) is 9.69 Å². The zero-order valence-corrected chi connectivity index (χ0v) is 19.8. The molecule has 31 heavy (non-hydrogen) atoms. The van der Waals surface area contributed by atoms with Crippen molar-refractivity contribution >= 4 is 29.2 Å². The van der Waals surface area contributed by atoms with Crippen LogP contribution in [0.15, 0.2) is 24.3 Å². The van der Waals surface area contributed by atoms with Crippen molar-refractivity contribution < 1.29 is 14.3 Å². The molecule has 3 amide bonds. The van der Waals surface area contributed by atoms with Crippen LogP contribution < -0.4 is 5.32 Å². The number of nitrogens with zero attached hydrogens (tertiary/aromatic N) is 3. The number of nitrogens with one attached hydrogen (secondary N) is 1. The third-order valence-electron chi connectivity index (χ3n) is 5.90. The number of hydrogen-bond donors (Lipinski definition) is 1. The lowest BCUT2D eigenvalue weighted by Gasteiger charge is -2.42. The molecule has 0 aliphatic carbocycles. The predicted molar refractivity (Wildman–Crippen MR) is 123 cm³/mol. The molecule has 3 rings (SSSR count). The first-order chi connectivity index (χ1) is 14.7. The number of rotatable bonds is 4. The number of halogens is 1. The van der Waals surface area contributed by atoms with Crippen LogP contribution in [0.3, 0.4) is 0 Å². The summed E-state index contributed by atoms with van der Waals surface area (Å²) in [4.78, 5) is 32.2. The Kier molecular flexibility index (Phi) is 8.19. The largest absolute Gasteiger partial charge is 0.373 e. The predicted octanol–water partition coefficient (Wildman–Crippen LogP) is 3.54. The van der Waals surface area contributed by atoms with E-state index in [2.05, 4.69) is 37.9 Å². The van der Waals surface area contributed by atoms with E-state index in [0.717, 1.165) is 19.5 Å². The first-order valence-corrected chi connectivity index (χ1v) is 11.6. The van der Waals surface area contributed by atoms with Gasteiger partial charge in [-0.25, -0.2) is 4.79 Å². The van der Waals surface area contributed by atoms with Gasteiger partial charge in [0, 0.05) is 50.0 Å². The fourth-order valence-corrected chi connectivity index (χ4v) is 4.79. The normalized spacial score (nSPS) is 24.1. The number of carbonyl (C=O) groups is 2. The summed E-state index contributed by atoms with van der Waals surface area (Å²) in [5, 5.41) is 3.48. The minimum Gasteiger partial charge on any atom is -0.373 e. The summed E-state index contributed by atoms with van der Waals surface area (Å²) in [6.07, 6.45) is 0.996. The van der Waals surface area contributed by atoms with Crippen LogP contribution >= 0.6 is 11.6 Å². The molecule has 1 aromatic rings. The quantitative estimate of drug-likeness (QED) is 0.762. The van der Waals surface area contributed by atoms with E-state index < -0.39 is 0 Å². The number of carbonyl (C=O) groups excluding carboxylic acids is 2. The fourth-order valence-electron chi connectivity index (χ4n) is 4.60. The topological polar surface area (TPSA) is 65.1 Å². The van der Waals surface area contributed by atoms with Gasteiger partial charge in [-0.1, -0.05) is 31.5 Å². The zero-order chi connectivity index (χ0) is 22.5. The highest BCUT2D eigenvalue weighted by Gasteiger charge is 2.37. The molecule has 8 heteroatoms. The van der Waals surface area contributed by atoms with Gasteiger partial charge in [0.1, 0.15) is 0 Å². The van der Waals surface area contributed by atoms with Crippen LogP contribution in [0.25, 0.3) is 0 Å². The highest BCUT2D eigenvalue weighted by molar-refractivity contribution is 6.30. The van der Waals surface area contributed by atoms with Gasteiger partial charge in [0.15, 0.2) is 0 Å². The van der Waals surface area contributed by atoms with Gasteiger partial charge in [0.25, 0.3) is 0 Å². The standard InChI is InChI=1S/C23H35ClN4O3/c1-16(2)21(28-14-17(3)31-18(4)15-28)22(29)26-9-6-10-27(12-11-26)23(30)25-20-8-5-7-19(24)13-20/h5,7-8,13,16-18,21H,6,9-12,14-15H2,1-4H3,(H,25,30)/t17-,18-,21+/m1/s1. The van der Waals surface area contributed by atoms with Gasteiger partial charge in [0.2, 0.25) is 5.91 Å². The molecule has 1 N–H and O–H groups in total. The van der Waals surface area contributed by atoms with E-state index in [1.165, 1.54) is 0 Å². The van der Waals surface area contributed by atoms with E-state index in [-0.39, 0.29) is 36.1 Å². The van der Waals surface area contributed by atoms with Crippen molar-refractivity contribution in [3.05, 3.63) is 29.3 Å². The average molecular weight is 451 g/mol. The van der Waals surface area contributed by atoms with Crippen molar-refractivity contribution in [1.29, 1.82) is 0 Å². The van der Waals surface area contributed by atoms with Gasteiger partial charge < -0.3 is 19.9 Å². The molecule has 0 radical (unpaired) electrons. The number of amides is 3. The summed E-state index contributed by atoms with van der Waals surface area (Å²) in [5.74, 6) is 0.365. The van der Waals surface area contributed by atoms with E-state index in [0.29, 0.717) is 36.9 Å². The lowest BCUT2D eigenvalue weighted by Crippen LogP contribution is -2.58. The Morgan fingerprint density at radius 3 is 2.35 bits per heavy atom. The highest BCUT2D eigenvalue weighted by Crippen LogP contribution is 2.21. The third kappa shape index (κ3) is 6.34. The Morgan fingerprint density at radius 2 is 1.71 bits per heavy atom. The van der Waals surface area contributed by atoms with E-state index in [9.17, 15) is 9.59 Å². The molecule has 172 valence electrons. The Labute approximate surface area is 190 Å². The molecular weight excluding hydrogens is 416 g/mol. The molecule has 0 saturated carbocycles. The molecule has 2 aliphatic heterocycles. The lowest BCUT2D eigenvalue weighted by atomic mass is 9.99. The van der Waals surface area contributed by atoms with Crippen LogP contribution in [0.5, 0.6) is 0 Å². The average Bonchev–Trinajstić information content (AvgIpc) is 2.93. The number of anilines is 1. The van der Waals surface area contributed by atoms with Crippen LogP contribution in [-0.2, 0) is 9.53 Å². The third-order valence-corrected chi connectivity index (χ3v) is 6.13. The van der Waals surface area contributed by atoms with Crippen LogP contribution in [-0.4, -0.2) is 84.2 Å². The zero-order valence-electron chi connectivity index (χ0n) is 19.0. The number of morpholine rings is 1. The van der Waals surface area contributed by atoms with Gasteiger partial charge in [-0.15, -0.1) is 0 Å². The molecule has 0 unspecified atom stereocenters. The van der Waals surface area contributed by atoms with Crippen LogP contribution in [0.1, 0.15) is 34.1 Å². The molecular formula is C23H35ClN4O3. The summed E-state index contributed by atoms with van der Waals surface area (Å²) in [6, 6.07) is 6.79. The Balaban J connectivity index is 1.61. The minimum atomic E-state index is -0.166. The van der Waals surface area contributed by atoms with Crippen molar-refractivity contribution in [2.45, 2.75) is 52.4 Å². The molecule has 3 atom stereocenters. The summed E-state index contributed by atoms with van der Waals surface area (Å²) in [7, 11) is 0. The second-order valence-corrected chi connectivity index (χ2v) is 9.44. The van der Waals surface area contributed by atoms with E-state index in [1.807, 2.05) is 11.0 Å². The number of urea groups is 1. The molecule has 2 aliphatic rings. The fraction of sp³-hybridized carbons (Fsp3) is 0.652. The van der Waals surface area contributed by atoms with Gasteiger partial charge >= 0.3 is 6.03 Å². The summed E-state index contributed by atoms with van der Waals surface area (Å²) >= 11 is 6.01. The molecule has 0 spiro atoms. The summed E-state index contributed by atoms with van der Waals surface area (Å²) in [6.45, 7) is 12.2. The maximum absolute atomic E-state index is 13.5. The second kappa shape index (κ2) is 10.7. The Hall–Kier alpha value is -1.83. The molecule has 0 bridgehead atoms. The first-order valence-electron chi connectivity index (χ1n) is 11.2. The lowest BCUT2D eigenvalue weighted by molar-refractivity contribution is -0.145. The molecule has 7 nitrogen and oxygen atoms in total. The summed E-state index contributed by atoms with van der Waals surface area (Å²) in [5.41, 5.74) is 0.671. The van der Waals surface area contributed by atoms with Gasteiger partial charge in [-0.2, -0.15) is 0 Å². The van der Waals surface area contributed by atoms with E-state index in [4.69, 9.17) is 16.3 Å². The molecule has 2 saturated heterocycles. The van der Waals surface area contributed by atoms with E-state index in [1.54, 1.807) is 23.1 Å². The molecule has 2 heterocycles. The monoisotopic (exact) mass is 450 g/mol. The maximum Gasteiger partial charge on any atom is 0.321 e. The Morgan fingerprint density at radius 1 is 1.06 bits per heavy atom. The second-order valence-electron chi connectivity index (χ2n) is 9.01. The van der Waals surface area contributed by atoms with Crippen LogP contribution in [0.4, 0.5) is 10.5 Å². The Bertz CT molecular complexity index is 765. The van der Waals surface area contributed by atoms with E-state index >= 15 is 0 Å². The van der Waals surface area contributed by atoms with Crippen molar-refractivity contribution in [3.63, 3.8) is 0 Å². The van der Waals surface area contributed by atoms with Crippen LogP contribution in [0.2, 0.25) is 5.02 Å². The van der Waals surface area contributed by atoms with Crippen LogP contribution in [0, 0.1) is 5.92 Å². The number of ether oxygens (including phenoxy) is 1. The number of benzene rings is 1. The maximum atomic E-state index is 13.5. The first kappa shape index (κ1) is 23.8. The van der Waals surface area contributed by atoms with Gasteiger partial charge in [0.05, 0.1) is 18.2 Å². The highest BCUT2D eigenvalue weighted by atomic mass is 35.5. The molecule has 0 aromatic heterocycles. The number of hydrogen-bond acceptors (Lipinski definition) is 4. The smallest absolute Gasteiger partial charge is 0.321 e. The molecule has 2 fully saturated rings. The SMILES string of the molecule is CC(C)[C@@H](C(=O)N1CCCN(C(=O)Nc2cccc(Cl)c2)CC1)N1C[C@@H](C)O[C@H](C)C1. The summed E-state index contributed by atoms with van der Waals surface area (Å²) < 4.78 is 5.86. The minimum absolute atomic E-state index is 0.118.